The lowest BCUT2D eigenvalue weighted by Crippen LogP contribution is -2.15. The molecule has 0 spiro atoms. The molecule has 0 unspecified atom stereocenters. The Morgan fingerprint density at radius 2 is 2.38 bits per heavy atom. The van der Waals surface area contributed by atoms with Crippen molar-refractivity contribution in [2.45, 2.75) is 25.7 Å². The van der Waals surface area contributed by atoms with E-state index >= 15 is 0 Å². The van der Waals surface area contributed by atoms with E-state index in [1.807, 2.05) is 6.07 Å². The predicted molar refractivity (Wildman–Crippen MR) is 60.8 cm³/mol. The summed E-state index contributed by atoms with van der Waals surface area (Å²) in [7, 11) is 0. The van der Waals surface area contributed by atoms with Crippen LogP contribution >= 0.6 is 0 Å². The van der Waals surface area contributed by atoms with Crippen LogP contribution in [0.15, 0.2) is 12.3 Å². The molecule has 1 saturated carbocycles. The molecular weight excluding hydrogens is 202 g/mol. The summed E-state index contributed by atoms with van der Waals surface area (Å²) in [6, 6.07) is 3.62. The molecule has 2 rings (SSSR count). The van der Waals surface area contributed by atoms with Gasteiger partial charge >= 0.3 is 0 Å². The van der Waals surface area contributed by atoms with Gasteiger partial charge in [0.25, 0.3) is 0 Å². The Morgan fingerprint density at radius 1 is 1.56 bits per heavy atom. The van der Waals surface area contributed by atoms with Gasteiger partial charge in [0, 0.05) is 0 Å². The van der Waals surface area contributed by atoms with Crippen LogP contribution in [0.2, 0.25) is 0 Å². The number of rotatable bonds is 4. The fourth-order valence-corrected chi connectivity index (χ4v) is 1.77. The third-order valence-corrected chi connectivity index (χ3v) is 2.98. The van der Waals surface area contributed by atoms with Crippen molar-refractivity contribution in [3.63, 3.8) is 0 Å². The van der Waals surface area contributed by atoms with Gasteiger partial charge in [-0.15, -0.1) is 0 Å². The molecule has 4 heteroatoms. The number of ether oxygens (including phenoxy) is 1. The summed E-state index contributed by atoms with van der Waals surface area (Å²) in [6.07, 6.45) is 6.53. The third-order valence-electron chi connectivity index (χ3n) is 2.98. The Bertz CT molecular complexity index is 407. The minimum absolute atomic E-state index is 0.399. The maximum absolute atomic E-state index is 8.88. The summed E-state index contributed by atoms with van der Waals surface area (Å²) < 4.78 is 5.50. The summed E-state index contributed by atoms with van der Waals surface area (Å²) in [6.45, 7) is 0.635. The molecule has 0 aromatic carbocycles. The second-order valence-electron chi connectivity index (χ2n) is 4.17. The van der Waals surface area contributed by atoms with Gasteiger partial charge in [-0.3, -0.25) is 0 Å². The molecule has 1 fully saturated rings. The van der Waals surface area contributed by atoms with Crippen LogP contribution < -0.4 is 10.5 Å². The lowest BCUT2D eigenvalue weighted by Gasteiger charge is -2.24. The number of hydrogen-bond acceptors (Lipinski definition) is 4. The first-order chi connectivity index (χ1) is 7.79. The van der Waals surface area contributed by atoms with Crippen molar-refractivity contribution in [2.24, 2.45) is 5.92 Å². The molecule has 1 heterocycles. The zero-order valence-electron chi connectivity index (χ0n) is 9.15. The number of aromatic nitrogens is 1. The molecule has 1 aromatic heterocycles. The number of anilines is 1. The van der Waals surface area contributed by atoms with Gasteiger partial charge in [-0.05, 0) is 18.4 Å². The highest BCUT2D eigenvalue weighted by molar-refractivity contribution is 5.48. The molecule has 1 aliphatic carbocycles. The minimum Gasteiger partial charge on any atom is -0.477 e. The van der Waals surface area contributed by atoms with E-state index in [4.69, 9.17) is 15.7 Å². The fraction of sp³-hybridized carbons (Fsp3) is 0.500. The van der Waals surface area contributed by atoms with Gasteiger partial charge in [-0.2, -0.15) is 5.26 Å². The summed E-state index contributed by atoms with van der Waals surface area (Å²) in [4.78, 5) is 4.02. The molecule has 4 nitrogen and oxygen atoms in total. The number of hydrogen-bond donors (Lipinski definition) is 1. The summed E-state index contributed by atoms with van der Waals surface area (Å²) >= 11 is 0. The lowest BCUT2D eigenvalue weighted by atomic mass is 9.83. The van der Waals surface area contributed by atoms with E-state index in [1.165, 1.54) is 25.5 Å². The zero-order valence-corrected chi connectivity index (χ0v) is 9.15. The molecule has 0 bridgehead atoms. The van der Waals surface area contributed by atoms with Crippen molar-refractivity contribution in [1.82, 2.24) is 4.98 Å². The van der Waals surface area contributed by atoms with Crippen LogP contribution in [0.5, 0.6) is 5.88 Å². The van der Waals surface area contributed by atoms with Crippen LogP contribution in [0, 0.1) is 17.2 Å². The Labute approximate surface area is 95.0 Å². The van der Waals surface area contributed by atoms with Gasteiger partial charge < -0.3 is 10.5 Å². The molecule has 0 radical (unpaired) electrons. The highest BCUT2D eigenvalue weighted by atomic mass is 16.5. The summed E-state index contributed by atoms with van der Waals surface area (Å²) in [5.41, 5.74) is 6.44. The zero-order chi connectivity index (χ0) is 11.4. The van der Waals surface area contributed by atoms with Crippen molar-refractivity contribution in [3.8, 4) is 11.9 Å². The van der Waals surface area contributed by atoms with Crippen LogP contribution in [0.3, 0.4) is 0 Å². The number of nitrogen functional groups attached to an aromatic ring is 1. The summed E-state index contributed by atoms with van der Waals surface area (Å²) in [5.74, 6) is 1.20. The van der Waals surface area contributed by atoms with E-state index in [0.29, 0.717) is 23.7 Å². The van der Waals surface area contributed by atoms with Crippen LogP contribution in [-0.4, -0.2) is 11.6 Å². The quantitative estimate of drug-likeness (QED) is 0.838. The maximum Gasteiger partial charge on any atom is 0.231 e. The van der Waals surface area contributed by atoms with Crippen LogP contribution in [-0.2, 0) is 0 Å². The van der Waals surface area contributed by atoms with Crippen molar-refractivity contribution < 1.29 is 4.74 Å². The standard InChI is InChI=1S/C12H15N3O/c13-7-10-6-11(14)8-15-12(10)16-5-4-9-2-1-3-9/h6,8-9H,1-5,14H2. The smallest absolute Gasteiger partial charge is 0.231 e. The van der Waals surface area contributed by atoms with Gasteiger partial charge in [0.15, 0.2) is 0 Å². The van der Waals surface area contributed by atoms with E-state index in [0.717, 1.165) is 12.3 Å². The van der Waals surface area contributed by atoms with E-state index in [1.54, 1.807) is 6.07 Å². The first-order valence-corrected chi connectivity index (χ1v) is 5.58. The number of nitriles is 1. The third kappa shape index (κ3) is 2.43. The van der Waals surface area contributed by atoms with E-state index < -0.39 is 0 Å². The molecule has 1 aromatic rings. The van der Waals surface area contributed by atoms with E-state index in [2.05, 4.69) is 4.98 Å². The second-order valence-corrected chi connectivity index (χ2v) is 4.17. The molecule has 16 heavy (non-hydrogen) atoms. The SMILES string of the molecule is N#Cc1cc(N)cnc1OCCC1CCC1. The molecule has 0 aliphatic heterocycles. The average molecular weight is 217 g/mol. The van der Waals surface area contributed by atoms with Crippen LogP contribution in [0.25, 0.3) is 0 Å². The summed E-state index contributed by atoms with van der Waals surface area (Å²) in [5, 5.41) is 8.88. The van der Waals surface area contributed by atoms with E-state index in [-0.39, 0.29) is 0 Å². The molecule has 0 atom stereocenters. The van der Waals surface area contributed by atoms with Gasteiger partial charge in [0.2, 0.25) is 5.88 Å². The monoisotopic (exact) mass is 217 g/mol. The van der Waals surface area contributed by atoms with Crippen molar-refractivity contribution in [2.75, 3.05) is 12.3 Å². The predicted octanol–water partition coefficient (Wildman–Crippen LogP) is 2.10. The second kappa shape index (κ2) is 4.84. The van der Waals surface area contributed by atoms with Crippen LogP contribution in [0.1, 0.15) is 31.2 Å². The number of pyridine rings is 1. The van der Waals surface area contributed by atoms with Crippen molar-refractivity contribution in [3.05, 3.63) is 17.8 Å². The Morgan fingerprint density at radius 3 is 3.00 bits per heavy atom. The molecular formula is C12H15N3O. The van der Waals surface area contributed by atoms with E-state index in [9.17, 15) is 0 Å². The maximum atomic E-state index is 8.88. The lowest BCUT2D eigenvalue weighted by molar-refractivity contribution is 0.217. The largest absolute Gasteiger partial charge is 0.477 e. The van der Waals surface area contributed by atoms with Crippen molar-refractivity contribution >= 4 is 5.69 Å². The van der Waals surface area contributed by atoms with Crippen molar-refractivity contribution in [1.29, 1.82) is 5.26 Å². The van der Waals surface area contributed by atoms with Gasteiger partial charge in [-0.1, -0.05) is 19.3 Å². The Hall–Kier alpha value is -1.76. The normalized spacial score (nSPS) is 15.2. The fourth-order valence-electron chi connectivity index (χ4n) is 1.77. The first-order valence-electron chi connectivity index (χ1n) is 5.58. The Kier molecular flexibility index (Phi) is 3.25. The average Bonchev–Trinajstić information content (AvgIpc) is 2.23. The topological polar surface area (TPSA) is 71.9 Å². The number of nitrogens with two attached hydrogens (primary N) is 1. The van der Waals surface area contributed by atoms with Crippen LogP contribution in [0.4, 0.5) is 5.69 Å². The van der Waals surface area contributed by atoms with Gasteiger partial charge in [0.05, 0.1) is 18.5 Å². The molecule has 0 saturated heterocycles. The van der Waals surface area contributed by atoms with Gasteiger partial charge in [0.1, 0.15) is 11.6 Å². The highest BCUT2D eigenvalue weighted by Crippen LogP contribution is 2.29. The molecule has 84 valence electrons. The molecule has 2 N–H and O–H groups in total. The molecule has 1 aliphatic rings. The minimum atomic E-state index is 0.399. The Balaban J connectivity index is 1.90. The van der Waals surface area contributed by atoms with Gasteiger partial charge in [-0.25, -0.2) is 4.98 Å². The molecule has 0 amide bonds. The number of nitrogens with zero attached hydrogens (tertiary/aromatic N) is 2. The highest BCUT2D eigenvalue weighted by Gasteiger charge is 2.17. The first kappa shape index (κ1) is 10.7.